The van der Waals surface area contributed by atoms with Crippen molar-refractivity contribution in [2.45, 2.75) is 39.5 Å². The lowest BCUT2D eigenvalue weighted by molar-refractivity contribution is 0.172. The number of hydrogen-bond acceptors (Lipinski definition) is 0. The SMILES string of the molecule is CCC=CC(=C(C)F)C1CC(C2C3CC32)C1. The van der Waals surface area contributed by atoms with Gasteiger partial charge >= 0.3 is 0 Å². The summed E-state index contributed by atoms with van der Waals surface area (Å²) in [6, 6.07) is 0. The van der Waals surface area contributed by atoms with Gasteiger partial charge in [0.05, 0.1) is 0 Å². The molecule has 0 aromatic carbocycles. The Hall–Kier alpha value is -0.590. The Morgan fingerprint density at radius 2 is 1.94 bits per heavy atom. The maximum Gasteiger partial charge on any atom is 0.100 e. The number of rotatable bonds is 4. The molecule has 2 unspecified atom stereocenters. The van der Waals surface area contributed by atoms with Crippen LogP contribution in [0, 0.1) is 29.6 Å². The average Bonchev–Trinajstić information content (AvgIpc) is 3.01. The van der Waals surface area contributed by atoms with Crippen molar-refractivity contribution in [2.75, 3.05) is 0 Å². The minimum atomic E-state index is 0.0362. The van der Waals surface area contributed by atoms with Crippen molar-refractivity contribution in [3.05, 3.63) is 23.6 Å². The van der Waals surface area contributed by atoms with Crippen LogP contribution >= 0.6 is 0 Å². The normalized spacial score (nSPS) is 46.1. The highest BCUT2D eigenvalue weighted by Gasteiger charge is 2.67. The molecule has 0 aliphatic heterocycles. The topological polar surface area (TPSA) is 0 Å². The second-order valence-corrected chi connectivity index (χ2v) is 5.87. The Kier molecular flexibility index (Phi) is 2.45. The molecule has 0 radical (unpaired) electrons. The van der Waals surface area contributed by atoms with E-state index < -0.39 is 0 Å². The molecule has 0 aromatic rings. The maximum atomic E-state index is 13.4. The molecule has 1 heteroatoms. The quantitative estimate of drug-likeness (QED) is 0.612. The van der Waals surface area contributed by atoms with Gasteiger partial charge in [-0.05, 0) is 67.8 Å². The van der Waals surface area contributed by atoms with Crippen molar-refractivity contribution >= 4 is 0 Å². The van der Waals surface area contributed by atoms with Crippen molar-refractivity contribution < 1.29 is 4.39 Å². The minimum absolute atomic E-state index is 0.0362. The Labute approximate surface area is 97.6 Å². The van der Waals surface area contributed by atoms with E-state index in [1.807, 2.05) is 6.08 Å². The lowest BCUT2D eigenvalue weighted by Gasteiger charge is -2.38. The highest BCUT2D eigenvalue weighted by molar-refractivity contribution is 5.28. The summed E-state index contributed by atoms with van der Waals surface area (Å²) in [5.41, 5.74) is 0.979. The van der Waals surface area contributed by atoms with Gasteiger partial charge in [0.1, 0.15) is 5.83 Å². The summed E-state index contributed by atoms with van der Waals surface area (Å²) < 4.78 is 13.4. The Balaban J connectivity index is 1.56. The van der Waals surface area contributed by atoms with E-state index >= 15 is 0 Å². The van der Waals surface area contributed by atoms with E-state index in [1.165, 1.54) is 19.3 Å². The van der Waals surface area contributed by atoms with Crippen LogP contribution in [0.2, 0.25) is 0 Å². The van der Waals surface area contributed by atoms with E-state index in [4.69, 9.17) is 0 Å². The number of halogens is 1. The summed E-state index contributed by atoms with van der Waals surface area (Å²) in [5, 5.41) is 0. The zero-order valence-electron chi connectivity index (χ0n) is 10.2. The molecule has 3 fully saturated rings. The third-order valence-corrected chi connectivity index (χ3v) is 4.83. The first-order valence-electron chi connectivity index (χ1n) is 6.75. The molecular formula is C15H21F. The van der Waals surface area contributed by atoms with Gasteiger partial charge in [-0.15, -0.1) is 0 Å². The molecule has 0 spiro atoms. The predicted molar refractivity (Wildman–Crippen MR) is 64.5 cm³/mol. The first-order valence-corrected chi connectivity index (χ1v) is 6.75. The molecule has 0 nitrogen and oxygen atoms in total. The predicted octanol–water partition coefficient (Wildman–Crippen LogP) is 4.49. The van der Waals surface area contributed by atoms with Gasteiger partial charge in [-0.3, -0.25) is 0 Å². The van der Waals surface area contributed by atoms with Gasteiger partial charge in [0.2, 0.25) is 0 Å². The summed E-state index contributed by atoms with van der Waals surface area (Å²) >= 11 is 0. The standard InChI is InChI=1S/C15H21F/c1-3-4-5-12(9(2)16)10-6-11(7-10)15-13-8-14(13)15/h4-5,10-11,13-15H,3,6-8H2,1-2H3. The molecule has 0 saturated heterocycles. The van der Waals surface area contributed by atoms with Gasteiger partial charge in [-0.25, -0.2) is 4.39 Å². The third-order valence-electron chi connectivity index (χ3n) is 4.83. The molecule has 0 amide bonds. The Morgan fingerprint density at radius 1 is 1.25 bits per heavy atom. The molecule has 2 atom stereocenters. The van der Waals surface area contributed by atoms with Crippen LogP contribution < -0.4 is 0 Å². The van der Waals surface area contributed by atoms with Crippen LogP contribution in [-0.2, 0) is 0 Å². The second-order valence-electron chi connectivity index (χ2n) is 5.87. The molecule has 0 N–H and O–H groups in total. The van der Waals surface area contributed by atoms with Gasteiger partial charge < -0.3 is 0 Å². The van der Waals surface area contributed by atoms with Gasteiger partial charge in [-0.2, -0.15) is 0 Å². The number of hydrogen-bond donors (Lipinski definition) is 0. The molecule has 3 aliphatic rings. The van der Waals surface area contributed by atoms with E-state index in [1.54, 1.807) is 6.92 Å². The lowest BCUT2D eigenvalue weighted by atomic mass is 9.67. The first kappa shape index (κ1) is 10.6. The van der Waals surface area contributed by atoms with E-state index in [-0.39, 0.29) is 5.83 Å². The van der Waals surface area contributed by atoms with Crippen LogP contribution in [0.4, 0.5) is 4.39 Å². The molecule has 0 heterocycles. The molecule has 0 bridgehead atoms. The molecule has 3 saturated carbocycles. The van der Waals surface area contributed by atoms with Crippen molar-refractivity contribution in [2.24, 2.45) is 29.6 Å². The van der Waals surface area contributed by atoms with Gasteiger partial charge in [-0.1, -0.05) is 19.1 Å². The second kappa shape index (κ2) is 3.72. The van der Waals surface area contributed by atoms with Crippen LogP contribution in [0.5, 0.6) is 0 Å². The first-order chi connectivity index (χ1) is 7.72. The summed E-state index contributed by atoms with van der Waals surface area (Å²) in [7, 11) is 0. The van der Waals surface area contributed by atoms with Gasteiger partial charge in [0.15, 0.2) is 0 Å². The minimum Gasteiger partial charge on any atom is -0.212 e. The van der Waals surface area contributed by atoms with Crippen LogP contribution in [0.3, 0.4) is 0 Å². The smallest absolute Gasteiger partial charge is 0.100 e. The van der Waals surface area contributed by atoms with Crippen LogP contribution in [0.15, 0.2) is 23.6 Å². The molecule has 16 heavy (non-hydrogen) atoms. The maximum absolute atomic E-state index is 13.4. The fraction of sp³-hybridized carbons (Fsp3) is 0.733. The molecular weight excluding hydrogens is 199 g/mol. The van der Waals surface area contributed by atoms with E-state index in [0.29, 0.717) is 5.92 Å². The van der Waals surface area contributed by atoms with Gasteiger partial charge in [0, 0.05) is 0 Å². The number of allylic oxidation sites excluding steroid dienone is 4. The molecule has 88 valence electrons. The fourth-order valence-electron chi connectivity index (χ4n) is 3.54. The molecule has 3 rings (SSSR count). The van der Waals surface area contributed by atoms with Crippen LogP contribution in [0.1, 0.15) is 39.5 Å². The highest BCUT2D eigenvalue weighted by Crippen LogP contribution is 2.74. The zero-order chi connectivity index (χ0) is 11.3. The van der Waals surface area contributed by atoms with E-state index in [0.717, 1.165) is 35.7 Å². The summed E-state index contributed by atoms with van der Waals surface area (Å²) in [6.07, 6.45) is 9.11. The van der Waals surface area contributed by atoms with Crippen LogP contribution in [-0.4, -0.2) is 0 Å². The zero-order valence-corrected chi connectivity index (χ0v) is 10.2. The van der Waals surface area contributed by atoms with E-state index in [2.05, 4.69) is 13.0 Å². The van der Waals surface area contributed by atoms with Crippen molar-refractivity contribution in [3.63, 3.8) is 0 Å². The number of fused-ring (bicyclic) bond motifs is 1. The highest BCUT2D eigenvalue weighted by atomic mass is 19.1. The fourth-order valence-corrected chi connectivity index (χ4v) is 3.54. The van der Waals surface area contributed by atoms with Gasteiger partial charge in [0.25, 0.3) is 0 Å². The van der Waals surface area contributed by atoms with Crippen molar-refractivity contribution in [1.82, 2.24) is 0 Å². The Morgan fingerprint density at radius 3 is 2.38 bits per heavy atom. The summed E-state index contributed by atoms with van der Waals surface area (Å²) in [6.45, 7) is 3.71. The summed E-state index contributed by atoms with van der Waals surface area (Å²) in [4.78, 5) is 0. The monoisotopic (exact) mass is 220 g/mol. The third kappa shape index (κ3) is 1.65. The largest absolute Gasteiger partial charge is 0.212 e. The Bertz CT molecular complexity index is 334. The molecule has 3 aliphatic carbocycles. The average molecular weight is 220 g/mol. The lowest BCUT2D eigenvalue weighted by Crippen LogP contribution is -2.28. The van der Waals surface area contributed by atoms with Crippen molar-refractivity contribution in [3.8, 4) is 0 Å². The van der Waals surface area contributed by atoms with E-state index in [9.17, 15) is 4.39 Å². The van der Waals surface area contributed by atoms with Crippen LogP contribution in [0.25, 0.3) is 0 Å². The molecule has 0 aromatic heterocycles. The summed E-state index contributed by atoms with van der Waals surface area (Å²) in [5.74, 6) is 4.78. The van der Waals surface area contributed by atoms with Crippen molar-refractivity contribution in [1.29, 1.82) is 0 Å².